The van der Waals surface area contributed by atoms with Crippen molar-refractivity contribution in [2.45, 2.75) is 38.2 Å². The maximum absolute atomic E-state index is 5.39. The molecular weight excluding hydrogens is 166 g/mol. The van der Waals surface area contributed by atoms with Gasteiger partial charge in [-0.3, -0.25) is 0 Å². The summed E-state index contributed by atoms with van der Waals surface area (Å²) in [7, 11) is 1.74. The number of fused-ring (bicyclic) bond motifs is 1. The molecule has 13 heavy (non-hydrogen) atoms. The van der Waals surface area contributed by atoms with Crippen molar-refractivity contribution in [1.82, 2.24) is 15.4 Å². The number of hydrogen-bond donors (Lipinski definition) is 1. The first-order valence-electron chi connectivity index (χ1n) is 4.84. The molecule has 1 aliphatic carbocycles. The van der Waals surface area contributed by atoms with Crippen LogP contribution in [0.1, 0.15) is 43.2 Å². The second-order valence-corrected chi connectivity index (χ2v) is 3.48. The number of aromatic nitrogens is 3. The molecule has 0 fully saturated rings. The third-order valence-electron chi connectivity index (χ3n) is 2.62. The standard InChI is InChI=1S/C9H15N3O/c1-13-8-6-4-2-3-5-7-9(8)11-12-10-7/h8H,2-6H2,1H3,(H,10,11,12). The summed E-state index contributed by atoms with van der Waals surface area (Å²) < 4.78 is 5.39. The largest absolute Gasteiger partial charge is 0.375 e. The van der Waals surface area contributed by atoms with Gasteiger partial charge in [-0.15, -0.1) is 0 Å². The molecule has 1 atom stereocenters. The van der Waals surface area contributed by atoms with E-state index in [-0.39, 0.29) is 6.10 Å². The van der Waals surface area contributed by atoms with Crippen LogP contribution >= 0.6 is 0 Å². The maximum Gasteiger partial charge on any atom is 0.114 e. The quantitative estimate of drug-likeness (QED) is 0.716. The first-order valence-corrected chi connectivity index (χ1v) is 4.84. The Kier molecular flexibility index (Phi) is 2.59. The molecule has 1 aliphatic rings. The normalized spacial score (nSPS) is 23.3. The van der Waals surface area contributed by atoms with E-state index in [1.807, 2.05) is 0 Å². The van der Waals surface area contributed by atoms with E-state index in [9.17, 15) is 0 Å². The minimum Gasteiger partial charge on any atom is -0.375 e. The number of aromatic amines is 1. The van der Waals surface area contributed by atoms with Gasteiger partial charge in [-0.2, -0.15) is 15.4 Å². The SMILES string of the molecule is COC1CCCCCc2n[nH]nc21. The molecule has 1 aromatic rings. The Morgan fingerprint density at radius 2 is 2.23 bits per heavy atom. The molecule has 0 radical (unpaired) electrons. The number of nitrogens with one attached hydrogen (secondary N) is 1. The van der Waals surface area contributed by atoms with Crippen molar-refractivity contribution in [3.63, 3.8) is 0 Å². The van der Waals surface area contributed by atoms with Crippen LogP contribution in [-0.4, -0.2) is 22.5 Å². The van der Waals surface area contributed by atoms with Crippen molar-refractivity contribution in [2.75, 3.05) is 7.11 Å². The van der Waals surface area contributed by atoms with Crippen molar-refractivity contribution in [1.29, 1.82) is 0 Å². The van der Waals surface area contributed by atoms with E-state index in [2.05, 4.69) is 15.4 Å². The van der Waals surface area contributed by atoms with Crippen LogP contribution < -0.4 is 0 Å². The Labute approximate surface area is 77.7 Å². The molecule has 1 aromatic heterocycles. The van der Waals surface area contributed by atoms with Gasteiger partial charge in [0.25, 0.3) is 0 Å². The van der Waals surface area contributed by atoms with Gasteiger partial charge >= 0.3 is 0 Å². The number of hydrogen-bond acceptors (Lipinski definition) is 3. The summed E-state index contributed by atoms with van der Waals surface area (Å²) in [6.45, 7) is 0. The Balaban J connectivity index is 2.24. The molecule has 1 N–H and O–H groups in total. The van der Waals surface area contributed by atoms with Crippen LogP contribution in [0.15, 0.2) is 0 Å². The van der Waals surface area contributed by atoms with Crippen LogP contribution in [0.3, 0.4) is 0 Å². The minimum atomic E-state index is 0.147. The van der Waals surface area contributed by atoms with Crippen LogP contribution in [-0.2, 0) is 11.2 Å². The number of H-pyrrole nitrogens is 1. The summed E-state index contributed by atoms with van der Waals surface area (Å²) >= 11 is 0. The van der Waals surface area contributed by atoms with Crippen molar-refractivity contribution in [3.8, 4) is 0 Å². The molecule has 4 nitrogen and oxygen atoms in total. The third kappa shape index (κ3) is 1.72. The number of ether oxygens (including phenoxy) is 1. The third-order valence-corrected chi connectivity index (χ3v) is 2.62. The van der Waals surface area contributed by atoms with E-state index in [1.54, 1.807) is 7.11 Å². The lowest BCUT2D eigenvalue weighted by Crippen LogP contribution is -2.08. The van der Waals surface area contributed by atoms with Crippen molar-refractivity contribution in [3.05, 3.63) is 11.4 Å². The Morgan fingerprint density at radius 3 is 3.08 bits per heavy atom. The maximum atomic E-state index is 5.39. The van der Waals surface area contributed by atoms with Gasteiger partial charge in [-0.05, 0) is 19.3 Å². The molecule has 0 spiro atoms. The average molecular weight is 181 g/mol. The van der Waals surface area contributed by atoms with Crippen LogP contribution in [0.4, 0.5) is 0 Å². The summed E-state index contributed by atoms with van der Waals surface area (Å²) in [5.41, 5.74) is 2.11. The van der Waals surface area contributed by atoms with Crippen molar-refractivity contribution in [2.24, 2.45) is 0 Å². The molecule has 1 unspecified atom stereocenters. The second kappa shape index (κ2) is 3.87. The average Bonchev–Trinajstić information content (AvgIpc) is 2.53. The number of methoxy groups -OCH3 is 1. The fraction of sp³-hybridized carbons (Fsp3) is 0.778. The number of aryl methyl sites for hydroxylation is 1. The molecule has 2 rings (SSSR count). The highest BCUT2D eigenvalue weighted by molar-refractivity contribution is 5.12. The molecule has 0 bridgehead atoms. The first kappa shape index (κ1) is 8.69. The van der Waals surface area contributed by atoms with Crippen LogP contribution in [0.5, 0.6) is 0 Å². The topological polar surface area (TPSA) is 50.8 Å². The summed E-state index contributed by atoms with van der Waals surface area (Å²) in [5.74, 6) is 0. The van der Waals surface area contributed by atoms with Gasteiger partial charge in [-0.1, -0.05) is 12.8 Å². The Hall–Kier alpha value is -0.900. The summed E-state index contributed by atoms with van der Waals surface area (Å²) in [4.78, 5) is 0. The zero-order valence-corrected chi connectivity index (χ0v) is 7.92. The number of nitrogens with zero attached hydrogens (tertiary/aromatic N) is 2. The fourth-order valence-electron chi connectivity index (χ4n) is 1.87. The first-order chi connectivity index (χ1) is 6.42. The summed E-state index contributed by atoms with van der Waals surface area (Å²) in [6, 6.07) is 0. The predicted molar refractivity (Wildman–Crippen MR) is 48.3 cm³/mol. The highest BCUT2D eigenvalue weighted by Gasteiger charge is 2.20. The van der Waals surface area contributed by atoms with E-state index in [4.69, 9.17) is 4.74 Å². The van der Waals surface area contributed by atoms with E-state index >= 15 is 0 Å². The molecule has 0 saturated heterocycles. The predicted octanol–water partition coefficient (Wildman–Crippen LogP) is 1.61. The van der Waals surface area contributed by atoms with Gasteiger partial charge in [0, 0.05) is 7.11 Å². The highest BCUT2D eigenvalue weighted by Crippen LogP contribution is 2.26. The number of rotatable bonds is 1. The fourth-order valence-corrected chi connectivity index (χ4v) is 1.87. The zero-order valence-electron chi connectivity index (χ0n) is 7.92. The summed E-state index contributed by atoms with van der Waals surface area (Å²) in [5, 5.41) is 11.0. The minimum absolute atomic E-state index is 0.147. The van der Waals surface area contributed by atoms with Gasteiger partial charge < -0.3 is 4.74 Å². The lowest BCUT2D eigenvalue weighted by Gasteiger charge is -2.16. The molecule has 1 heterocycles. The molecule has 0 amide bonds. The van der Waals surface area contributed by atoms with Crippen LogP contribution in [0.2, 0.25) is 0 Å². The molecule has 72 valence electrons. The Morgan fingerprint density at radius 1 is 1.31 bits per heavy atom. The van der Waals surface area contributed by atoms with E-state index in [0.29, 0.717) is 0 Å². The van der Waals surface area contributed by atoms with E-state index in [1.165, 1.54) is 19.3 Å². The summed E-state index contributed by atoms with van der Waals surface area (Å²) in [6.07, 6.45) is 5.96. The van der Waals surface area contributed by atoms with Gasteiger partial charge in [0.2, 0.25) is 0 Å². The van der Waals surface area contributed by atoms with Gasteiger partial charge in [0.05, 0.1) is 5.69 Å². The monoisotopic (exact) mass is 181 g/mol. The van der Waals surface area contributed by atoms with Gasteiger partial charge in [-0.25, -0.2) is 0 Å². The Bertz CT molecular complexity index is 272. The van der Waals surface area contributed by atoms with E-state index in [0.717, 1.165) is 24.2 Å². The molecule has 4 heteroatoms. The molecule has 0 aromatic carbocycles. The highest BCUT2D eigenvalue weighted by atomic mass is 16.5. The van der Waals surface area contributed by atoms with Crippen molar-refractivity contribution >= 4 is 0 Å². The molecule has 0 aliphatic heterocycles. The molecular formula is C9H15N3O. The second-order valence-electron chi connectivity index (χ2n) is 3.48. The van der Waals surface area contributed by atoms with Crippen molar-refractivity contribution < 1.29 is 4.74 Å². The van der Waals surface area contributed by atoms with Crippen LogP contribution in [0, 0.1) is 0 Å². The lowest BCUT2D eigenvalue weighted by atomic mass is 9.99. The van der Waals surface area contributed by atoms with Crippen LogP contribution in [0.25, 0.3) is 0 Å². The van der Waals surface area contributed by atoms with E-state index < -0.39 is 0 Å². The van der Waals surface area contributed by atoms with Gasteiger partial charge in [0.15, 0.2) is 0 Å². The zero-order chi connectivity index (χ0) is 9.10. The smallest absolute Gasteiger partial charge is 0.114 e. The molecule has 0 saturated carbocycles. The lowest BCUT2D eigenvalue weighted by molar-refractivity contribution is 0.0873. The van der Waals surface area contributed by atoms with Gasteiger partial charge in [0.1, 0.15) is 11.8 Å².